The molecule has 1 N–H and O–H groups in total. The largest absolute Gasteiger partial charge is 0.515 e. The third-order valence-electron chi connectivity index (χ3n) is 2.55. The summed E-state index contributed by atoms with van der Waals surface area (Å²) < 4.78 is 9.28. The van der Waals surface area contributed by atoms with E-state index in [0.29, 0.717) is 16.7 Å². The van der Waals surface area contributed by atoms with E-state index in [2.05, 4.69) is 9.47 Å². The Labute approximate surface area is 121 Å². The molecule has 0 saturated carbocycles. The molecule has 0 aliphatic heterocycles. The summed E-state index contributed by atoms with van der Waals surface area (Å²) >= 11 is 1.24. The molecule has 0 spiro atoms. The van der Waals surface area contributed by atoms with Crippen molar-refractivity contribution in [3.8, 4) is 0 Å². The summed E-state index contributed by atoms with van der Waals surface area (Å²) in [6, 6.07) is 6.94. The molecule has 0 radical (unpaired) electrons. The Bertz CT molecular complexity index is 524. The highest BCUT2D eigenvalue weighted by atomic mass is 32.2. The van der Waals surface area contributed by atoms with Crippen molar-refractivity contribution in [3.63, 3.8) is 0 Å². The molecule has 1 unspecified atom stereocenters. The first kappa shape index (κ1) is 16.1. The van der Waals surface area contributed by atoms with Gasteiger partial charge in [0.05, 0.1) is 20.5 Å². The minimum Gasteiger partial charge on any atom is -0.515 e. The maximum absolute atomic E-state index is 11.6. The maximum atomic E-state index is 11.6. The Morgan fingerprint density at radius 2 is 1.90 bits per heavy atom. The zero-order chi connectivity index (χ0) is 15.1. The normalized spacial score (nSPS) is 12.7. The number of aliphatic hydroxyl groups excluding tert-OH is 1. The van der Waals surface area contributed by atoms with Gasteiger partial charge in [-0.15, -0.1) is 11.8 Å². The lowest BCUT2D eigenvalue weighted by Gasteiger charge is -2.13. The first-order valence-corrected chi connectivity index (χ1v) is 6.69. The second-order valence-electron chi connectivity index (χ2n) is 3.81. The van der Waals surface area contributed by atoms with Crippen LogP contribution in [0.2, 0.25) is 0 Å². The van der Waals surface area contributed by atoms with Crippen LogP contribution < -0.4 is 0 Å². The highest BCUT2D eigenvalue weighted by Gasteiger charge is 2.20. The fraction of sp³-hybridized carbons (Fsp3) is 0.286. The SMILES string of the molecule is COC(=O)/C(=C/O)c1ccccc1SC(C)C(=O)OC. The van der Waals surface area contributed by atoms with Crippen LogP contribution in [-0.4, -0.2) is 36.5 Å². The van der Waals surface area contributed by atoms with Gasteiger partial charge in [0.25, 0.3) is 0 Å². The summed E-state index contributed by atoms with van der Waals surface area (Å²) in [6.07, 6.45) is 0.702. The first-order chi connectivity index (χ1) is 9.54. The van der Waals surface area contributed by atoms with Crippen molar-refractivity contribution in [2.45, 2.75) is 17.1 Å². The van der Waals surface area contributed by atoms with Gasteiger partial charge in [-0.1, -0.05) is 18.2 Å². The van der Waals surface area contributed by atoms with Gasteiger partial charge >= 0.3 is 11.9 Å². The van der Waals surface area contributed by atoms with Gasteiger partial charge in [0.1, 0.15) is 10.8 Å². The molecular formula is C14H16O5S. The lowest BCUT2D eigenvalue weighted by Crippen LogP contribution is -2.15. The third kappa shape index (κ3) is 3.77. The minimum absolute atomic E-state index is 0.0349. The molecule has 0 fully saturated rings. The topological polar surface area (TPSA) is 72.8 Å². The second kappa shape index (κ2) is 7.59. The van der Waals surface area contributed by atoms with E-state index in [1.165, 1.54) is 26.0 Å². The fourth-order valence-electron chi connectivity index (χ4n) is 1.54. The summed E-state index contributed by atoms with van der Waals surface area (Å²) in [4.78, 5) is 23.8. The standard InChI is InChI=1S/C14H16O5S/c1-9(13(16)18-2)20-12-7-5-4-6-10(12)11(8-15)14(17)19-3/h4-9,15H,1-3H3/b11-8+. The molecule has 20 heavy (non-hydrogen) atoms. The quantitative estimate of drug-likeness (QED) is 0.389. The van der Waals surface area contributed by atoms with Crippen LogP contribution in [0.15, 0.2) is 35.4 Å². The number of benzene rings is 1. The molecule has 0 aliphatic carbocycles. The summed E-state index contributed by atoms with van der Waals surface area (Å²) in [5.41, 5.74) is 0.537. The van der Waals surface area contributed by atoms with E-state index in [9.17, 15) is 14.7 Å². The Morgan fingerprint density at radius 1 is 1.25 bits per heavy atom. The number of aliphatic hydroxyl groups is 1. The van der Waals surface area contributed by atoms with E-state index in [1.54, 1.807) is 31.2 Å². The van der Waals surface area contributed by atoms with Gasteiger partial charge in [0.2, 0.25) is 0 Å². The van der Waals surface area contributed by atoms with Crippen molar-refractivity contribution in [2.75, 3.05) is 14.2 Å². The van der Waals surface area contributed by atoms with Crippen LogP contribution in [0.1, 0.15) is 12.5 Å². The summed E-state index contributed by atoms with van der Waals surface area (Å²) in [6.45, 7) is 1.70. The van der Waals surface area contributed by atoms with Crippen molar-refractivity contribution in [2.24, 2.45) is 0 Å². The highest BCUT2D eigenvalue weighted by molar-refractivity contribution is 8.00. The van der Waals surface area contributed by atoms with Crippen molar-refractivity contribution in [1.82, 2.24) is 0 Å². The van der Waals surface area contributed by atoms with Crippen LogP contribution in [-0.2, 0) is 19.1 Å². The fourth-order valence-corrected chi connectivity index (χ4v) is 2.57. The van der Waals surface area contributed by atoms with E-state index in [0.717, 1.165) is 0 Å². The summed E-state index contributed by atoms with van der Waals surface area (Å²) in [7, 11) is 2.55. The van der Waals surface area contributed by atoms with Crippen molar-refractivity contribution >= 4 is 29.3 Å². The molecule has 0 heterocycles. The Morgan fingerprint density at radius 3 is 2.45 bits per heavy atom. The number of carbonyl (C=O) groups is 2. The monoisotopic (exact) mass is 296 g/mol. The molecular weight excluding hydrogens is 280 g/mol. The van der Waals surface area contributed by atoms with E-state index in [4.69, 9.17) is 0 Å². The average molecular weight is 296 g/mol. The molecule has 0 amide bonds. The predicted octanol–water partition coefficient (Wildman–Crippen LogP) is 2.41. The van der Waals surface area contributed by atoms with Gasteiger partial charge < -0.3 is 14.6 Å². The number of hydrogen-bond acceptors (Lipinski definition) is 6. The first-order valence-electron chi connectivity index (χ1n) is 5.81. The van der Waals surface area contributed by atoms with Crippen molar-refractivity contribution in [1.29, 1.82) is 0 Å². The molecule has 1 aromatic carbocycles. The highest BCUT2D eigenvalue weighted by Crippen LogP contribution is 2.31. The molecule has 0 aliphatic rings. The van der Waals surface area contributed by atoms with Gasteiger partial charge in [0, 0.05) is 10.5 Å². The predicted molar refractivity (Wildman–Crippen MR) is 76.4 cm³/mol. The lowest BCUT2D eigenvalue weighted by molar-refractivity contribution is -0.139. The van der Waals surface area contributed by atoms with Crippen LogP contribution in [0, 0.1) is 0 Å². The summed E-state index contributed by atoms with van der Waals surface area (Å²) in [5, 5.41) is 8.80. The van der Waals surface area contributed by atoms with Gasteiger partial charge in [0.15, 0.2) is 0 Å². The molecule has 6 heteroatoms. The smallest absolute Gasteiger partial charge is 0.341 e. The summed E-state index contributed by atoms with van der Waals surface area (Å²) in [5.74, 6) is -1.01. The van der Waals surface area contributed by atoms with E-state index < -0.39 is 11.2 Å². The number of thioether (sulfide) groups is 1. The second-order valence-corrected chi connectivity index (χ2v) is 5.20. The lowest BCUT2D eigenvalue weighted by atomic mass is 10.1. The average Bonchev–Trinajstić information content (AvgIpc) is 2.48. The van der Waals surface area contributed by atoms with Crippen molar-refractivity contribution in [3.05, 3.63) is 36.1 Å². The van der Waals surface area contributed by atoms with Gasteiger partial charge in [-0.3, -0.25) is 4.79 Å². The minimum atomic E-state index is -0.647. The molecule has 1 aromatic rings. The zero-order valence-corrected chi connectivity index (χ0v) is 12.3. The van der Waals surface area contributed by atoms with E-state index in [-0.39, 0.29) is 11.5 Å². The zero-order valence-electron chi connectivity index (χ0n) is 11.5. The molecule has 108 valence electrons. The molecule has 0 bridgehead atoms. The third-order valence-corrected chi connectivity index (χ3v) is 3.70. The Kier molecular flexibility index (Phi) is 6.11. The van der Waals surface area contributed by atoms with Gasteiger partial charge in [-0.2, -0.15) is 0 Å². The molecule has 0 aromatic heterocycles. The van der Waals surface area contributed by atoms with Crippen LogP contribution >= 0.6 is 11.8 Å². The number of ether oxygens (including phenoxy) is 2. The number of hydrogen-bond donors (Lipinski definition) is 1. The van der Waals surface area contributed by atoms with Crippen LogP contribution in [0.3, 0.4) is 0 Å². The number of carbonyl (C=O) groups excluding carboxylic acids is 2. The molecule has 0 saturated heterocycles. The van der Waals surface area contributed by atoms with Crippen molar-refractivity contribution < 1.29 is 24.2 Å². The van der Waals surface area contributed by atoms with Crippen LogP contribution in [0.4, 0.5) is 0 Å². The number of esters is 2. The van der Waals surface area contributed by atoms with E-state index in [1.807, 2.05) is 0 Å². The maximum Gasteiger partial charge on any atom is 0.341 e. The van der Waals surface area contributed by atoms with Gasteiger partial charge in [-0.05, 0) is 13.0 Å². The Balaban J connectivity index is 3.11. The number of rotatable bonds is 5. The molecule has 5 nitrogen and oxygen atoms in total. The Hall–Kier alpha value is -1.95. The van der Waals surface area contributed by atoms with Gasteiger partial charge in [-0.25, -0.2) is 4.79 Å². The van der Waals surface area contributed by atoms with Crippen LogP contribution in [0.25, 0.3) is 5.57 Å². The molecule has 1 atom stereocenters. The molecule has 1 rings (SSSR count). The number of methoxy groups -OCH3 is 2. The van der Waals surface area contributed by atoms with E-state index >= 15 is 0 Å². The van der Waals surface area contributed by atoms with Crippen LogP contribution in [0.5, 0.6) is 0 Å².